The summed E-state index contributed by atoms with van der Waals surface area (Å²) >= 11 is 0. The van der Waals surface area contributed by atoms with E-state index in [9.17, 15) is 14.9 Å². The van der Waals surface area contributed by atoms with Crippen molar-refractivity contribution < 1.29 is 19.1 Å². The van der Waals surface area contributed by atoms with Crippen LogP contribution in [-0.2, 0) is 16.0 Å². The lowest BCUT2D eigenvalue weighted by molar-refractivity contribution is -0.128. The van der Waals surface area contributed by atoms with Gasteiger partial charge in [0.2, 0.25) is 11.8 Å². The maximum atomic E-state index is 13.2. The molecule has 1 aromatic carbocycles. The number of fused-ring (bicyclic) bond motifs is 2. The molecule has 1 saturated heterocycles. The highest BCUT2D eigenvalue weighted by atomic mass is 16.6. The summed E-state index contributed by atoms with van der Waals surface area (Å²) in [7, 11) is 1.58. The number of methoxy groups -OCH3 is 1. The van der Waals surface area contributed by atoms with E-state index in [0.29, 0.717) is 12.3 Å². The first kappa shape index (κ1) is 24.5. The lowest BCUT2D eigenvalue weighted by atomic mass is 9.97. The Morgan fingerprint density at radius 3 is 2.49 bits per heavy atom. The minimum atomic E-state index is -0.699. The van der Waals surface area contributed by atoms with Crippen molar-refractivity contribution in [1.82, 2.24) is 15.2 Å². The molecule has 2 amide bonds. The molecule has 2 fully saturated rings. The van der Waals surface area contributed by atoms with Crippen molar-refractivity contribution in [2.75, 3.05) is 7.11 Å². The second-order valence-corrected chi connectivity index (χ2v) is 10.2. The van der Waals surface area contributed by atoms with Crippen LogP contribution in [0, 0.1) is 17.2 Å². The van der Waals surface area contributed by atoms with Gasteiger partial charge in [0.05, 0.1) is 13.2 Å². The fraction of sp³-hybridized carbons (Fsp3) is 0.481. The van der Waals surface area contributed by atoms with Gasteiger partial charge in [0.15, 0.2) is 0 Å². The monoisotopic (exact) mass is 476 g/mol. The Balaban J connectivity index is 1.41. The molecular weight excluding hydrogens is 444 g/mol. The van der Waals surface area contributed by atoms with Gasteiger partial charge in [-0.25, -0.2) is 9.78 Å². The van der Waals surface area contributed by atoms with E-state index in [1.165, 1.54) is 0 Å². The zero-order valence-corrected chi connectivity index (χ0v) is 20.7. The fourth-order valence-corrected chi connectivity index (χ4v) is 5.03. The van der Waals surface area contributed by atoms with Crippen LogP contribution in [0.15, 0.2) is 42.6 Å². The molecule has 1 aliphatic heterocycles. The number of carbonyl (C=O) groups excluding carboxylic acids is 2. The lowest BCUT2D eigenvalue weighted by Crippen LogP contribution is -2.55. The van der Waals surface area contributed by atoms with E-state index in [4.69, 9.17) is 9.47 Å². The van der Waals surface area contributed by atoms with Gasteiger partial charge in [0.1, 0.15) is 17.7 Å². The Morgan fingerprint density at radius 2 is 1.89 bits per heavy atom. The molecule has 35 heavy (non-hydrogen) atoms. The number of amides is 2. The average molecular weight is 477 g/mol. The Kier molecular flexibility index (Phi) is 6.97. The molecule has 4 rings (SSSR count). The molecule has 8 nitrogen and oxygen atoms in total. The van der Waals surface area contributed by atoms with E-state index in [-0.39, 0.29) is 17.9 Å². The molecule has 4 atom stereocenters. The molecule has 1 N–H and O–H groups in total. The molecule has 184 valence electrons. The number of nitrogens with one attached hydrogen (secondary N) is 1. The van der Waals surface area contributed by atoms with E-state index in [1.54, 1.807) is 24.3 Å². The van der Waals surface area contributed by atoms with Crippen LogP contribution in [0.4, 0.5) is 4.79 Å². The number of piperidine rings is 1. The maximum absolute atomic E-state index is 13.2. The third-order valence-corrected chi connectivity index (χ3v) is 6.60. The first-order valence-corrected chi connectivity index (χ1v) is 12.0. The molecule has 8 heteroatoms. The second-order valence-electron chi connectivity index (χ2n) is 10.2. The second kappa shape index (κ2) is 9.95. The van der Waals surface area contributed by atoms with Crippen LogP contribution in [0.3, 0.4) is 0 Å². The van der Waals surface area contributed by atoms with Crippen LogP contribution < -0.4 is 10.1 Å². The lowest BCUT2D eigenvalue weighted by Gasteiger charge is -2.35. The summed E-state index contributed by atoms with van der Waals surface area (Å²) in [5.74, 6) is 0.374. The van der Waals surface area contributed by atoms with Gasteiger partial charge >= 0.3 is 6.09 Å². The van der Waals surface area contributed by atoms with Gasteiger partial charge in [0.25, 0.3) is 0 Å². The fourth-order valence-electron chi connectivity index (χ4n) is 5.03. The summed E-state index contributed by atoms with van der Waals surface area (Å²) < 4.78 is 10.7. The third kappa shape index (κ3) is 5.56. The van der Waals surface area contributed by atoms with Crippen molar-refractivity contribution in [2.24, 2.45) is 5.92 Å². The molecule has 0 unspecified atom stereocenters. The summed E-state index contributed by atoms with van der Waals surface area (Å²) in [6.45, 7) is 5.45. The highest BCUT2D eigenvalue weighted by Gasteiger charge is 2.52. The van der Waals surface area contributed by atoms with Crippen molar-refractivity contribution >= 4 is 12.0 Å². The largest absolute Gasteiger partial charge is 0.481 e. The van der Waals surface area contributed by atoms with E-state index in [0.717, 1.165) is 36.0 Å². The quantitative estimate of drug-likeness (QED) is 0.673. The topological polar surface area (TPSA) is 105 Å². The molecule has 1 saturated carbocycles. The molecule has 0 radical (unpaired) electrons. The Morgan fingerprint density at radius 1 is 1.17 bits per heavy atom. The van der Waals surface area contributed by atoms with E-state index >= 15 is 0 Å². The van der Waals surface area contributed by atoms with Crippen LogP contribution >= 0.6 is 0 Å². The molecule has 0 spiro atoms. The normalized spacial score (nSPS) is 21.8. The number of ether oxygens (including phenoxy) is 2. The third-order valence-electron chi connectivity index (χ3n) is 6.60. The molecule has 2 aliphatic rings. The number of nitrogens with zero attached hydrogens (tertiary/aromatic N) is 3. The molecule has 2 aromatic rings. The Hall–Kier alpha value is -3.60. The number of benzene rings is 1. The molecule has 1 aromatic heterocycles. The van der Waals surface area contributed by atoms with Crippen molar-refractivity contribution in [3.63, 3.8) is 0 Å². The van der Waals surface area contributed by atoms with Crippen molar-refractivity contribution in [3.8, 4) is 23.1 Å². The van der Waals surface area contributed by atoms with Crippen molar-refractivity contribution in [1.29, 1.82) is 5.26 Å². The molecule has 1 aliphatic carbocycles. The smallest absolute Gasteiger partial charge is 0.411 e. The highest BCUT2D eigenvalue weighted by molar-refractivity contribution is 5.87. The standard InChI is InChI=1S/C27H32N4O4/c1-27(2,3)35-26(33)31-22-11-9-19(14-22)24(31)25(32)30-21(15-28)13-17-5-7-18(8-6-17)20-10-12-23(34-4)29-16-20/h5-8,10,12,16,19,21-22,24H,9,11,13-14H2,1-4H3,(H,30,32)/t19-,21-,22+,24-/m0/s1. The van der Waals surface area contributed by atoms with E-state index in [2.05, 4.69) is 16.4 Å². The van der Waals surface area contributed by atoms with Crippen LogP contribution in [0.2, 0.25) is 0 Å². The zero-order chi connectivity index (χ0) is 25.2. The minimum absolute atomic E-state index is 0.0196. The van der Waals surface area contributed by atoms with E-state index in [1.807, 2.05) is 51.1 Å². The van der Waals surface area contributed by atoms with Gasteiger partial charge in [-0.15, -0.1) is 0 Å². The summed E-state index contributed by atoms with van der Waals surface area (Å²) in [6, 6.07) is 12.5. The van der Waals surface area contributed by atoms with Crippen molar-refractivity contribution in [2.45, 2.75) is 70.2 Å². The van der Waals surface area contributed by atoms with Gasteiger partial charge < -0.3 is 14.8 Å². The number of likely N-dealkylation sites (tertiary alicyclic amines) is 1. The first-order chi connectivity index (χ1) is 16.7. The average Bonchev–Trinajstić information content (AvgIpc) is 3.45. The number of hydrogen-bond acceptors (Lipinski definition) is 6. The van der Waals surface area contributed by atoms with Gasteiger partial charge in [-0.2, -0.15) is 5.26 Å². The van der Waals surface area contributed by atoms with Crippen LogP contribution in [0.1, 0.15) is 45.6 Å². The molecule has 2 heterocycles. The predicted molar refractivity (Wildman–Crippen MR) is 130 cm³/mol. The number of aromatic nitrogens is 1. The number of hydrogen-bond donors (Lipinski definition) is 1. The Labute approximate surface area is 206 Å². The van der Waals surface area contributed by atoms with Crippen LogP contribution in [-0.4, -0.2) is 52.7 Å². The molecular formula is C27H32N4O4. The van der Waals surface area contributed by atoms with Gasteiger partial charge in [0, 0.05) is 30.3 Å². The number of nitriles is 1. The number of carbonyl (C=O) groups is 2. The summed E-state index contributed by atoms with van der Waals surface area (Å²) in [4.78, 5) is 31.9. The Bertz CT molecular complexity index is 1100. The van der Waals surface area contributed by atoms with Crippen molar-refractivity contribution in [3.05, 3.63) is 48.2 Å². The maximum Gasteiger partial charge on any atom is 0.411 e. The predicted octanol–water partition coefficient (Wildman–Crippen LogP) is 4.10. The van der Waals surface area contributed by atoms with Gasteiger partial charge in [-0.05, 0) is 63.1 Å². The van der Waals surface area contributed by atoms with E-state index < -0.39 is 23.8 Å². The van der Waals surface area contributed by atoms with Gasteiger partial charge in [-0.1, -0.05) is 24.3 Å². The summed E-state index contributed by atoms with van der Waals surface area (Å²) in [6.07, 6.45) is 4.25. The van der Waals surface area contributed by atoms with Crippen LogP contribution in [0.25, 0.3) is 11.1 Å². The number of rotatable bonds is 6. The zero-order valence-electron chi connectivity index (χ0n) is 20.7. The minimum Gasteiger partial charge on any atom is -0.481 e. The van der Waals surface area contributed by atoms with Crippen LogP contribution in [0.5, 0.6) is 5.88 Å². The molecule has 2 bridgehead atoms. The van der Waals surface area contributed by atoms with Gasteiger partial charge in [-0.3, -0.25) is 9.69 Å². The first-order valence-electron chi connectivity index (χ1n) is 12.0. The SMILES string of the molecule is COc1ccc(-c2ccc(C[C@@H](C#N)NC(=O)[C@@H]3[C@H]4CC[C@H](C4)N3C(=O)OC(C)(C)C)cc2)cn1. The number of pyridine rings is 1. The highest BCUT2D eigenvalue weighted by Crippen LogP contribution is 2.43. The summed E-state index contributed by atoms with van der Waals surface area (Å²) in [5, 5.41) is 12.6. The summed E-state index contributed by atoms with van der Waals surface area (Å²) in [5.41, 5.74) is 2.25.